The Bertz CT molecular complexity index is 799. The zero-order valence-electron chi connectivity index (χ0n) is 13.4. The Balaban J connectivity index is 1.77. The van der Waals surface area contributed by atoms with E-state index in [2.05, 4.69) is 0 Å². The number of carbonyl (C=O) groups excluding carboxylic acids is 1. The summed E-state index contributed by atoms with van der Waals surface area (Å²) in [7, 11) is 0. The molecule has 0 N–H and O–H groups in total. The first kappa shape index (κ1) is 17.4. The minimum Gasteiger partial charge on any atom is -0.338 e. The van der Waals surface area contributed by atoms with Crippen LogP contribution < -0.4 is 0 Å². The summed E-state index contributed by atoms with van der Waals surface area (Å²) in [5, 5.41) is 11.1. The highest BCUT2D eigenvalue weighted by atomic mass is 32.2. The van der Waals surface area contributed by atoms with E-state index >= 15 is 0 Å². The molecule has 25 heavy (non-hydrogen) atoms. The number of hydrogen-bond acceptors (Lipinski definition) is 4. The zero-order chi connectivity index (χ0) is 17.8. The summed E-state index contributed by atoms with van der Waals surface area (Å²) in [6, 6.07) is 12.7. The van der Waals surface area contributed by atoms with Crippen molar-refractivity contribution in [3.8, 4) is 0 Å². The fourth-order valence-electron chi connectivity index (χ4n) is 2.94. The van der Waals surface area contributed by atoms with Gasteiger partial charge in [-0.15, -0.1) is 0 Å². The van der Waals surface area contributed by atoms with Crippen molar-refractivity contribution in [2.45, 2.75) is 11.7 Å². The Hall–Kier alpha value is -2.41. The minimum atomic E-state index is -0.540. The van der Waals surface area contributed by atoms with Gasteiger partial charge in [-0.25, -0.2) is 4.39 Å². The number of para-hydroxylation sites is 1. The first-order valence-corrected chi connectivity index (χ1v) is 9.01. The molecule has 1 aliphatic rings. The Morgan fingerprint density at radius 2 is 1.88 bits per heavy atom. The summed E-state index contributed by atoms with van der Waals surface area (Å²) in [6.45, 7) is 0.928. The van der Waals surface area contributed by atoms with Gasteiger partial charge in [0.05, 0.1) is 4.92 Å². The molecule has 7 heteroatoms. The predicted molar refractivity (Wildman–Crippen MR) is 95.2 cm³/mol. The molecular weight excluding hydrogens is 343 g/mol. The quantitative estimate of drug-likeness (QED) is 0.612. The normalized spacial score (nSPS) is 17.8. The number of nitrogens with zero attached hydrogens (tertiary/aromatic N) is 2. The second-order valence-electron chi connectivity index (χ2n) is 5.74. The van der Waals surface area contributed by atoms with Crippen molar-refractivity contribution >= 4 is 23.4 Å². The first-order chi connectivity index (χ1) is 12.1. The first-order valence-electron chi connectivity index (χ1n) is 7.96. The highest BCUT2D eigenvalue weighted by Gasteiger charge is 2.27. The minimum absolute atomic E-state index is 0.0234. The smallest absolute Gasteiger partial charge is 0.282 e. The van der Waals surface area contributed by atoms with E-state index in [0.717, 1.165) is 0 Å². The summed E-state index contributed by atoms with van der Waals surface area (Å²) in [4.78, 5) is 24.9. The van der Waals surface area contributed by atoms with Crippen LogP contribution in [-0.4, -0.2) is 34.6 Å². The number of amides is 1. The number of hydrogen-bond donors (Lipinski definition) is 0. The van der Waals surface area contributed by atoms with Gasteiger partial charge in [-0.05, 0) is 18.6 Å². The molecule has 1 fully saturated rings. The maximum atomic E-state index is 14.0. The van der Waals surface area contributed by atoms with Gasteiger partial charge in [0.1, 0.15) is 11.4 Å². The van der Waals surface area contributed by atoms with Gasteiger partial charge >= 0.3 is 0 Å². The van der Waals surface area contributed by atoms with Crippen molar-refractivity contribution in [3.63, 3.8) is 0 Å². The molecule has 3 rings (SSSR count). The number of thioether (sulfide) groups is 1. The number of nitro benzene ring substituents is 1. The van der Waals surface area contributed by atoms with Gasteiger partial charge in [0.15, 0.2) is 0 Å². The molecule has 0 aliphatic carbocycles. The van der Waals surface area contributed by atoms with Gasteiger partial charge in [0, 0.05) is 35.7 Å². The lowest BCUT2D eigenvalue weighted by Gasteiger charge is -2.20. The lowest BCUT2D eigenvalue weighted by molar-refractivity contribution is -0.385. The van der Waals surface area contributed by atoms with Crippen LogP contribution in [0.15, 0.2) is 48.5 Å². The molecule has 2 aromatic rings. The average Bonchev–Trinajstić information content (AvgIpc) is 2.87. The molecule has 5 nitrogen and oxygen atoms in total. The molecule has 1 amide bonds. The maximum Gasteiger partial charge on any atom is 0.282 e. The van der Waals surface area contributed by atoms with E-state index in [4.69, 9.17) is 0 Å². The fraction of sp³-hybridized carbons (Fsp3) is 0.278. The number of nitro groups is 1. The van der Waals surface area contributed by atoms with Crippen LogP contribution in [0, 0.1) is 15.9 Å². The molecule has 1 unspecified atom stereocenters. The van der Waals surface area contributed by atoms with Crippen LogP contribution in [0.4, 0.5) is 10.1 Å². The molecule has 0 spiro atoms. The molecular formula is C18H17FN2O3S. The van der Waals surface area contributed by atoms with Crippen molar-refractivity contribution in [1.82, 2.24) is 4.90 Å². The van der Waals surface area contributed by atoms with Crippen LogP contribution in [0.2, 0.25) is 0 Å². The number of benzene rings is 2. The van der Waals surface area contributed by atoms with Crippen LogP contribution in [0.1, 0.15) is 27.6 Å². The van der Waals surface area contributed by atoms with Crippen molar-refractivity contribution in [3.05, 3.63) is 75.6 Å². The summed E-state index contributed by atoms with van der Waals surface area (Å²) in [5.41, 5.74) is 0.560. The second kappa shape index (κ2) is 7.65. The summed E-state index contributed by atoms with van der Waals surface area (Å²) in [6.07, 6.45) is 0.609. The molecule has 1 atom stereocenters. The van der Waals surface area contributed by atoms with Crippen LogP contribution in [0.3, 0.4) is 0 Å². The van der Waals surface area contributed by atoms with Gasteiger partial charge in [-0.1, -0.05) is 30.3 Å². The molecule has 1 heterocycles. The predicted octanol–water partition coefficient (Wildman–Crippen LogP) is 4.05. The van der Waals surface area contributed by atoms with Gasteiger partial charge in [-0.3, -0.25) is 14.9 Å². The average molecular weight is 360 g/mol. The Labute approximate surface area is 149 Å². The van der Waals surface area contributed by atoms with Crippen LogP contribution >= 0.6 is 11.8 Å². The van der Waals surface area contributed by atoms with E-state index in [0.29, 0.717) is 30.8 Å². The third kappa shape index (κ3) is 3.82. The third-order valence-corrected chi connectivity index (χ3v) is 5.52. The van der Waals surface area contributed by atoms with Gasteiger partial charge in [0.25, 0.3) is 11.6 Å². The van der Waals surface area contributed by atoms with E-state index in [1.165, 1.54) is 18.2 Å². The zero-order valence-corrected chi connectivity index (χ0v) is 14.2. The largest absolute Gasteiger partial charge is 0.338 e. The van der Waals surface area contributed by atoms with Crippen LogP contribution in [0.25, 0.3) is 0 Å². The van der Waals surface area contributed by atoms with E-state index in [1.54, 1.807) is 47.0 Å². The van der Waals surface area contributed by atoms with Crippen LogP contribution in [0.5, 0.6) is 0 Å². The molecule has 1 saturated heterocycles. The SMILES string of the molecule is O=C(c1ccccc1[N+](=O)[O-])N1CCSC(c2ccccc2F)CC1. The Morgan fingerprint density at radius 1 is 1.16 bits per heavy atom. The van der Waals surface area contributed by atoms with Crippen molar-refractivity contribution in [1.29, 1.82) is 0 Å². The highest BCUT2D eigenvalue weighted by molar-refractivity contribution is 7.99. The monoisotopic (exact) mass is 360 g/mol. The second-order valence-corrected chi connectivity index (χ2v) is 7.05. The molecule has 2 aromatic carbocycles. The fourth-order valence-corrected chi connectivity index (χ4v) is 4.20. The summed E-state index contributed by atoms with van der Waals surface area (Å²) >= 11 is 1.61. The highest BCUT2D eigenvalue weighted by Crippen LogP contribution is 2.36. The topological polar surface area (TPSA) is 63.4 Å². The molecule has 0 aromatic heterocycles. The standard InChI is InChI=1S/C18H17FN2O3S/c19-15-7-3-1-5-13(15)17-9-10-20(11-12-25-17)18(22)14-6-2-4-8-16(14)21(23)24/h1-8,17H,9-12H2. The molecule has 0 radical (unpaired) electrons. The number of halogens is 1. The van der Waals surface area contributed by atoms with Crippen molar-refractivity contribution < 1.29 is 14.1 Å². The van der Waals surface area contributed by atoms with E-state index in [1.807, 2.05) is 0 Å². The number of rotatable bonds is 3. The van der Waals surface area contributed by atoms with Crippen molar-refractivity contribution in [2.24, 2.45) is 0 Å². The van der Waals surface area contributed by atoms with E-state index in [-0.39, 0.29) is 28.2 Å². The Kier molecular flexibility index (Phi) is 5.33. The lowest BCUT2D eigenvalue weighted by Crippen LogP contribution is -2.33. The molecule has 0 saturated carbocycles. The van der Waals surface area contributed by atoms with E-state index in [9.17, 15) is 19.3 Å². The Morgan fingerprint density at radius 3 is 2.64 bits per heavy atom. The van der Waals surface area contributed by atoms with Gasteiger partial charge in [-0.2, -0.15) is 11.8 Å². The van der Waals surface area contributed by atoms with Crippen molar-refractivity contribution in [2.75, 3.05) is 18.8 Å². The maximum absolute atomic E-state index is 14.0. The number of carbonyl (C=O) groups is 1. The molecule has 0 bridgehead atoms. The molecule has 130 valence electrons. The molecule has 1 aliphatic heterocycles. The summed E-state index contributed by atoms with van der Waals surface area (Å²) in [5.74, 6) is 0.0753. The summed E-state index contributed by atoms with van der Waals surface area (Å²) < 4.78 is 14.0. The van der Waals surface area contributed by atoms with E-state index < -0.39 is 4.92 Å². The third-order valence-electron chi connectivity index (χ3n) is 4.21. The van der Waals surface area contributed by atoms with Gasteiger partial charge in [0.2, 0.25) is 0 Å². The lowest BCUT2D eigenvalue weighted by atomic mass is 10.1. The van der Waals surface area contributed by atoms with Gasteiger partial charge < -0.3 is 4.90 Å². The van der Waals surface area contributed by atoms with Crippen LogP contribution in [-0.2, 0) is 0 Å².